The van der Waals surface area contributed by atoms with Crippen molar-refractivity contribution in [2.45, 2.75) is 19.9 Å². The van der Waals surface area contributed by atoms with Gasteiger partial charge in [-0.3, -0.25) is 4.79 Å². The number of anilines is 2. The molecule has 202 valence electrons. The maximum absolute atomic E-state index is 13.7. The molecule has 1 aliphatic heterocycles. The first kappa shape index (κ1) is 25.7. The van der Waals surface area contributed by atoms with Gasteiger partial charge in [-0.05, 0) is 50.2 Å². The van der Waals surface area contributed by atoms with Crippen molar-refractivity contribution in [1.82, 2.24) is 14.8 Å². The Morgan fingerprint density at radius 3 is 2.26 bits per heavy atom. The number of fused-ring (bicyclic) bond motifs is 1. The van der Waals surface area contributed by atoms with Gasteiger partial charge in [0, 0.05) is 11.3 Å². The number of para-hydroxylation sites is 2. The zero-order valence-corrected chi connectivity index (χ0v) is 22.5. The number of benzene rings is 2. The minimum atomic E-state index is -0.687. The molecule has 39 heavy (non-hydrogen) atoms. The van der Waals surface area contributed by atoms with E-state index in [2.05, 4.69) is 10.6 Å². The number of aryl methyl sites for hydroxylation is 1. The number of nitrogens with one attached hydrogen (secondary N) is 2. The summed E-state index contributed by atoms with van der Waals surface area (Å²) in [5.41, 5.74) is 2.21. The molecule has 0 saturated carbocycles. The smallest absolute Gasteiger partial charge is 0.256 e. The Morgan fingerprint density at radius 2 is 1.64 bits per heavy atom. The molecule has 5 rings (SSSR count). The average molecular weight is 532 g/mol. The van der Waals surface area contributed by atoms with E-state index in [1.54, 1.807) is 57.4 Å². The molecule has 11 nitrogen and oxygen atoms in total. The summed E-state index contributed by atoms with van der Waals surface area (Å²) in [7, 11) is 6.19. The van der Waals surface area contributed by atoms with Crippen LogP contribution in [0.1, 0.15) is 24.5 Å². The fourth-order valence-electron chi connectivity index (χ4n) is 4.58. The minimum absolute atomic E-state index is 0.334. The molecule has 0 spiro atoms. The predicted octanol–water partition coefficient (Wildman–Crippen LogP) is 4.81. The van der Waals surface area contributed by atoms with E-state index in [-0.39, 0.29) is 5.91 Å². The fraction of sp³-hybridized carbons (Fsp3) is 0.250. The molecule has 0 radical (unpaired) electrons. The average Bonchev–Trinajstić information content (AvgIpc) is 3.57. The molecule has 0 aliphatic carbocycles. The van der Waals surface area contributed by atoms with Crippen LogP contribution in [0.5, 0.6) is 23.0 Å². The molecule has 1 unspecified atom stereocenters. The van der Waals surface area contributed by atoms with Crippen molar-refractivity contribution in [2.24, 2.45) is 0 Å². The van der Waals surface area contributed by atoms with Crippen molar-refractivity contribution >= 4 is 17.5 Å². The first-order chi connectivity index (χ1) is 18.9. The zero-order valence-electron chi connectivity index (χ0n) is 22.5. The van der Waals surface area contributed by atoms with Crippen LogP contribution in [0.4, 0.5) is 11.6 Å². The van der Waals surface area contributed by atoms with E-state index in [1.807, 2.05) is 38.1 Å². The summed E-state index contributed by atoms with van der Waals surface area (Å²) in [5, 5.41) is 11.0. The lowest BCUT2D eigenvalue weighted by molar-refractivity contribution is -0.113. The number of nitrogens with zero attached hydrogens (tertiary/aromatic N) is 3. The number of methoxy groups -OCH3 is 4. The van der Waals surface area contributed by atoms with E-state index >= 15 is 0 Å². The highest BCUT2D eigenvalue weighted by atomic mass is 16.5. The standard InChI is InChI=1S/C28H29N5O6/c1-15-11-12-20(39-15)24-23(27(34)30-18-9-7-8-10-19(18)35-3)16(2)29-28-31-26(32-33(24)28)17-13-21(36-4)25(38-6)22(14-17)37-5/h7-14,24H,1-6H3,(H,30,34)(H,29,31,32). The Labute approximate surface area is 225 Å². The van der Waals surface area contributed by atoms with Gasteiger partial charge in [0.05, 0.1) is 39.7 Å². The molecule has 1 atom stereocenters. The summed E-state index contributed by atoms with van der Waals surface area (Å²) in [6.07, 6.45) is 0. The van der Waals surface area contributed by atoms with E-state index in [4.69, 9.17) is 33.4 Å². The molecule has 2 aromatic carbocycles. The van der Waals surface area contributed by atoms with Gasteiger partial charge >= 0.3 is 0 Å². The maximum Gasteiger partial charge on any atom is 0.256 e. The zero-order chi connectivity index (χ0) is 27.7. The molecule has 2 aromatic heterocycles. The highest BCUT2D eigenvalue weighted by Gasteiger charge is 2.37. The van der Waals surface area contributed by atoms with Gasteiger partial charge in [0.15, 0.2) is 17.3 Å². The number of hydrogen-bond acceptors (Lipinski definition) is 9. The predicted molar refractivity (Wildman–Crippen MR) is 145 cm³/mol. The number of rotatable bonds is 8. The number of aromatic nitrogens is 3. The summed E-state index contributed by atoms with van der Waals surface area (Å²) >= 11 is 0. The van der Waals surface area contributed by atoms with Gasteiger partial charge in [0.1, 0.15) is 23.3 Å². The summed E-state index contributed by atoms with van der Waals surface area (Å²) in [5.74, 6) is 3.70. The van der Waals surface area contributed by atoms with Crippen LogP contribution in [-0.4, -0.2) is 49.1 Å². The van der Waals surface area contributed by atoms with Crippen molar-refractivity contribution in [1.29, 1.82) is 0 Å². The van der Waals surface area contributed by atoms with Crippen LogP contribution in [0.25, 0.3) is 11.4 Å². The molecular weight excluding hydrogens is 502 g/mol. The van der Waals surface area contributed by atoms with E-state index < -0.39 is 6.04 Å². The fourth-order valence-corrected chi connectivity index (χ4v) is 4.58. The van der Waals surface area contributed by atoms with Crippen LogP contribution in [0.2, 0.25) is 0 Å². The Hall–Kier alpha value is -4.93. The normalized spacial score (nSPS) is 14.4. The summed E-state index contributed by atoms with van der Waals surface area (Å²) in [6.45, 7) is 3.66. The topological polar surface area (TPSA) is 122 Å². The number of furan rings is 1. The van der Waals surface area contributed by atoms with E-state index in [0.29, 0.717) is 68.8 Å². The first-order valence-corrected chi connectivity index (χ1v) is 12.1. The molecule has 0 saturated heterocycles. The van der Waals surface area contributed by atoms with Crippen LogP contribution in [0, 0.1) is 6.92 Å². The Kier molecular flexibility index (Phi) is 6.88. The summed E-state index contributed by atoms with van der Waals surface area (Å²) in [6, 6.07) is 13.7. The lowest BCUT2D eigenvalue weighted by Gasteiger charge is -2.27. The molecule has 2 N–H and O–H groups in total. The lowest BCUT2D eigenvalue weighted by atomic mass is 10.00. The summed E-state index contributed by atoms with van der Waals surface area (Å²) < 4.78 is 29.5. The molecule has 1 aliphatic rings. The molecule has 0 fully saturated rings. The largest absolute Gasteiger partial charge is 0.495 e. The highest BCUT2D eigenvalue weighted by molar-refractivity contribution is 6.06. The van der Waals surface area contributed by atoms with Crippen molar-refractivity contribution in [3.63, 3.8) is 0 Å². The quantitative estimate of drug-likeness (QED) is 0.330. The molecular formula is C28H29N5O6. The highest BCUT2D eigenvalue weighted by Crippen LogP contribution is 2.42. The van der Waals surface area contributed by atoms with Crippen molar-refractivity contribution < 1.29 is 28.2 Å². The van der Waals surface area contributed by atoms with Crippen molar-refractivity contribution in [3.8, 4) is 34.4 Å². The van der Waals surface area contributed by atoms with Gasteiger partial charge in [0.2, 0.25) is 11.7 Å². The second kappa shape index (κ2) is 10.4. The SMILES string of the molecule is COc1ccccc1NC(=O)C1=C(C)Nc2nc(-c3cc(OC)c(OC)c(OC)c3)nn2C1c1ccc(C)o1. The maximum atomic E-state index is 13.7. The van der Waals surface area contributed by atoms with Crippen molar-refractivity contribution in [3.05, 3.63) is 71.3 Å². The van der Waals surface area contributed by atoms with Crippen LogP contribution in [0.15, 0.2) is 64.2 Å². The number of hydrogen-bond donors (Lipinski definition) is 2. The Bertz CT molecular complexity index is 1550. The van der Waals surface area contributed by atoms with Crippen molar-refractivity contribution in [2.75, 3.05) is 39.1 Å². The molecule has 4 aromatic rings. The van der Waals surface area contributed by atoms with Gasteiger partial charge in [0.25, 0.3) is 5.91 Å². The van der Waals surface area contributed by atoms with E-state index in [9.17, 15) is 4.79 Å². The van der Waals surface area contributed by atoms with Crippen LogP contribution in [0.3, 0.4) is 0 Å². The number of carbonyl (C=O) groups is 1. The Balaban J connectivity index is 1.60. The monoisotopic (exact) mass is 531 g/mol. The van der Waals surface area contributed by atoms with Crippen LogP contribution >= 0.6 is 0 Å². The van der Waals surface area contributed by atoms with Gasteiger partial charge in [-0.25, -0.2) is 4.68 Å². The third kappa shape index (κ3) is 4.63. The molecule has 0 bridgehead atoms. The number of ether oxygens (including phenoxy) is 4. The third-order valence-corrected chi connectivity index (χ3v) is 6.41. The van der Waals surface area contributed by atoms with Gasteiger partial charge in [-0.2, -0.15) is 4.98 Å². The summed E-state index contributed by atoms with van der Waals surface area (Å²) in [4.78, 5) is 18.5. The minimum Gasteiger partial charge on any atom is -0.495 e. The van der Waals surface area contributed by atoms with Crippen LogP contribution < -0.4 is 29.6 Å². The number of allylic oxidation sites excluding steroid dienone is 1. The van der Waals surface area contributed by atoms with Gasteiger partial charge in [-0.15, -0.1) is 5.10 Å². The van der Waals surface area contributed by atoms with E-state index in [0.717, 1.165) is 0 Å². The molecule has 3 heterocycles. The number of amides is 1. The lowest BCUT2D eigenvalue weighted by Crippen LogP contribution is -2.31. The Morgan fingerprint density at radius 1 is 0.949 bits per heavy atom. The molecule has 1 amide bonds. The van der Waals surface area contributed by atoms with E-state index in [1.165, 1.54) is 0 Å². The van der Waals surface area contributed by atoms with Gasteiger partial charge in [-0.1, -0.05) is 12.1 Å². The first-order valence-electron chi connectivity index (χ1n) is 12.1. The van der Waals surface area contributed by atoms with Crippen LogP contribution in [-0.2, 0) is 4.79 Å². The molecule has 11 heteroatoms. The number of carbonyl (C=O) groups excluding carboxylic acids is 1. The van der Waals surface area contributed by atoms with Gasteiger partial charge < -0.3 is 34.0 Å². The second-order valence-corrected chi connectivity index (χ2v) is 8.79. The second-order valence-electron chi connectivity index (χ2n) is 8.79. The third-order valence-electron chi connectivity index (χ3n) is 6.41.